The van der Waals surface area contributed by atoms with Crippen molar-refractivity contribution in [3.05, 3.63) is 17.6 Å². The molecule has 2 N–H and O–H groups in total. The third-order valence-electron chi connectivity index (χ3n) is 1.59. The fourth-order valence-electron chi connectivity index (χ4n) is 0.787. The first-order valence-corrected chi connectivity index (χ1v) is 3.70. The average molecular weight is 151 g/mol. The van der Waals surface area contributed by atoms with E-state index in [0.29, 0.717) is 11.7 Å². The van der Waals surface area contributed by atoms with E-state index < -0.39 is 0 Å². The van der Waals surface area contributed by atoms with Crippen molar-refractivity contribution in [2.24, 2.45) is 0 Å². The highest BCUT2D eigenvalue weighted by atomic mass is 14.9. The molecule has 0 fully saturated rings. The minimum atomic E-state index is 0.418. The Morgan fingerprint density at radius 3 is 2.55 bits per heavy atom. The lowest BCUT2D eigenvalue weighted by Gasteiger charge is -2.05. The predicted octanol–water partition coefficient (Wildman–Crippen LogP) is 1.49. The molecule has 1 heterocycles. The van der Waals surface area contributed by atoms with Gasteiger partial charge in [0.25, 0.3) is 0 Å². The van der Waals surface area contributed by atoms with Gasteiger partial charge in [-0.1, -0.05) is 13.8 Å². The fraction of sp³-hybridized carbons (Fsp3) is 0.500. The summed E-state index contributed by atoms with van der Waals surface area (Å²) in [6.45, 7) is 6.04. The smallest absolute Gasteiger partial charge is 0.144 e. The van der Waals surface area contributed by atoms with Crippen LogP contribution in [0.4, 0.5) is 5.82 Å². The molecule has 0 aliphatic heterocycles. The van der Waals surface area contributed by atoms with Gasteiger partial charge in [-0.3, -0.25) is 4.98 Å². The first kappa shape index (κ1) is 7.98. The summed E-state index contributed by atoms with van der Waals surface area (Å²) in [5.74, 6) is 0.941. The molecular weight excluding hydrogens is 138 g/mol. The van der Waals surface area contributed by atoms with Crippen LogP contribution in [0.5, 0.6) is 0 Å². The van der Waals surface area contributed by atoms with Crippen LogP contribution in [0.3, 0.4) is 0 Å². The van der Waals surface area contributed by atoms with Gasteiger partial charge in [0.05, 0.1) is 17.6 Å². The molecule has 0 radical (unpaired) electrons. The van der Waals surface area contributed by atoms with Gasteiger partial charge in [-0.05, 0) is 12.8 Å². The quantitative estimate of drug-likeness (QED) is 0.661. The molecule has 0 spiro atoms. The van der Waals surface area contributed by atoms with Crippen LogP contribution in [0.25, 0.3) is 0 Å². The van der Waals surface area contributed by atoms with Gasteiger partial charge in [-0.2, -0.15) is 0 Å². The van der Waals surface area contributed by atoms with Crippen LogP contribution in [0.15, 0.2) is 6.20 Å². The first-order chi connectivity index (χ1) is 5.11. The minimum Gasteiger partial charge on any atom is -0.382 e. The molecule has 60 valence electrons. The molecule has 1 rings (SSSR count). The van der Waals surface area contributed by atoms with E-state index in [4.69, 9.17) is 5.73 Å². The molecule has 1 aromatic heterocycles. The van der Waals surface area contributed by atoms with Crippen molar-refractivity contribution in [1.29, 1.82) is 0 Å². The van der Waals surface area contributed by atoms with Crippen LogP contribution >= 0.6 is 0 Å². The first-order valence-electron chi connectivity index (χ1n) is 3.70. The topological polar surface area (TPSA) is 51.8 Å². The molecule has 1 aromatic rings. The molecule has 11 heavy (non-hydrogen) atoms. The zero-order valence-electron chi connectivity index (χ0n) is 7.13. The van der Waals surface area contributed by atoms with Crippen LogP contribution in [0.2, 0.25) is 0 Å². The van der Waals surface area contributed by atoms with E-state index >= 15 is 0 Å². The molecule has 0 saturated heterocycles. The summed E-state index contributed by atoms with van der Waals surface area (Å²) in [5.41, 5.74) is 7.33. The van der Waals surface area contributed by atoms with Crippen LogP contribution in [-0.4, -0.2) is 9.97 Å². The molecule has 0 bridgehead atoms. The number of nitrogens with two attached hydrogens (primary N) is 1. The number of hydrogen-bond acceptors (Lipinski definition) is 3. The normalized spacial score (nSPS) is 10.5. The second-order valence-corrected chi connectivity index (χ2v) is 2.92. The van der Waals surface area contributed by atoms with Crippen molar-refractivity contribution >= 4 is 5.82 Å². The fourth-order valence-corrected chi connectivity index (χ4v) is 0.787. The molecule has 3 nitrogen and oxygen atoms in total. The summed E-state index contributed by atoms with van der Waals surface area (Å²) < 4.78 is 0. The Hall–Kier alpha value is -1.12. The SMILES string of the molecule is Cc1nc(C(C)C)cnc1N. The van der Waals surface area contributed by atoms with E-state index in [1.165, 1.54) is 0 Å². The summed E-state index contributed by atoms with van der Waals surface area (Å²) >= 11 is 0. The van der Waals surface area contributed by atoms with Crippen molar-refractivity contribution in [3.8, 4) is 0 Å². The van der Waals surface area contributed by atoms with E-state index in [0.717, 1.165) is 11.4 Å². The van der Waals surface area contributed by atoms with E-state index in [1.54, 1.807) is 6.20 Å². The van der Waals surface area contributed by atoms with Gasteiger partial charge in [0.15, 0.2) is 0 Å². The van der Waals surface area contributed by atoms with Crippen molar-refractivity contribution in [2.75, 3.05) is 5.73 Å². The molecule has 0 amide bonds. The Morgan fingerprint density at radius 2 is 2.09 bits per heavy atom. The Morgan fingerprint density at radius 1 is 1.45 bits per heavy atom. The molecule has 0 aromatic carbocycles. The molecule has 0 aliphatic carbocycles. The number of aryl methyl sites for hydroxylation is 1. The summed E-state index contributed by atoms with van der Waals surface area (Å²) in [4.78, 5) is 8.30. The largest absolute Gasteiger partial charge is 0.382 e. The van der Waals surface area contributed by atoms with E-state index in [-0.39, 0.29) is 0 Å². The van der Waals surface area contributed by atoms with Crippen LogP contribution < -0.4 is 5.73 Å². The summed E-state index contributed by atoms with van der Waals surface area (Å²) in [5, 5.41) is 0. The molecule has 0 atom stereocenters. The monoisotopic (exact) mass is 151 g/mol. The van der Waals surface area contributed by atoms with Crippen molar-refractivity contribution in [2.45, 2.75) is 26.7 Å². The molecule has 0 aliphatic rings. The lowest BCUT2D eigenvalue weighted by Crippen LogP contribution is -2.01. The second kappa shape index (κ2) is 2.86. The van der Waals surface area contributed by atoms with E-state index in [1.807, 2.05) is 6.92 Å². The highest BCUT2D eigenvalue weighted by Crippen LogP contribution is 2.12. The summed E-state index contributed by atoms with van der Waals surface area (Å²) in [7, 11) is 0. The third-order valence-corrected chi connectivity index (χ3v) is 1.59. The van der Waals surface area contributed by atoms with Gasteiger partial charge in [0.1, 0.15) is 5.82 Å². The highest BCUT2D eigenvalue weighted by molar-refractivity contribution is 5.33. The predicted molar refractivity (Wildman–Crippen MR) is 45.3 cm³/mol. The van der Waals surface area contributed by atoms with E-state index in [2.05, 4.69) is 23.8 Å². The van der Waals surface area contributed by atoms with Gasteiger partial charge in [-0.25, -0.2) is 4.98 Å². The number of aromatic nitrogens is 2. The number of anilines is 1. The molecule has 3 heteroatoms. The Kier molecular flexibility index (Phi) is 2.08. The van der Waals surface area contributed by atoms with Gasteiger partial charge >= 0.3 is 0 Å². The Labute approximate surface area is 66.7 Å². The maximum atomic E-state index is 5.52. The zero-order chi connectivity index (χ0) is 8.43. The Balaban J connectivity index is 3.05. The van der Waals surface area contributed by atoms with Crippen LogP contribution in [-0.2, 0) is 0 Å². The van der Waals surface area contributed by atoms with Crippen molar-refractivity contribution in [3.63, 3.8) is 0 Å². The van der Waals surface area contributed by atoms with Gasteiger partial charge < -0.3 is 5.73 Å². The zero-order valence-corrected chi connectivity index (χ0v) is 7.13. The molecular formula is C8H13N3. The third kappa shape index (κ3) is 1.67. The van der Waals surface area contributed by atoms with Gasteiger partial charge in [0, 0.05) is 0 Å². The second-order valence-electron chi connectivity index (χ2n) is 2.92. The number of nitrogens with zero attached hydrogens (tertiary/aromatic N) is 2. The maximum absolute atomic E-state index is 5.52. The van der Waals surface area contributed by atoms with Crippen molar-refractivity contribution in [1.82, 2.24) is 9.97 Å². The highest BCUT2D eigenvalue weighted by Gasteiger charge is 2.02. The van der Waals surface area contributed by atoms with Crippen LogP contribution in [0, 0.1) is 6.92 Å². The van der Waals surface area contributed by atoms with Gasteiger partial charge in [-0.15, -0.1) is 0 Å². The van der Waals surface area contributed by atoms with Crippen molar-refractivity contribution < 1.29 is 0 Å². The number of nitrogen functional groups attached to an aromatic ring is 1. The van der Waals surface area contributed by atoms with Gasteiger partial charge in [0.2, 0.25) is 0 Å². The lowest BCUT2D eigenvalue weighted by molar-refractivity contribution is 0.805. The standard InChI is InChI=1S/C8H13N3/c1-5(2)7-4-10-8(9)6(3)11-7/h4-5H,1-3H3,(H2,9,10). The lowest BCUT2D eigenvalue weighted by atomic mass is 10.1. The van der Waals surface area contributed by atoms with E-state index in [9.17, 15) is 0 Å². The number of hydrogen-bond donors (Lipinski definition) is 1. The molecule has 0 saturated carbocycles. The number of rotatable bonds is 1. The summed E-state index contributed by atoms with van der Waals surface area (Å²) in [6, 6.07) is 0. The average Bonchev–Trinajstić information content (AvgIpc) is 1.94. The Bertz CT molecular complexity index is 256. The molecule has 0 unspecified atom stereocenters. The minimum absolute atomic E-state index is 0.418. The summed E-state index contributed by atoms with van der Waals surface area (Å²) in [6.07, 6.45) is 1.73. The maximum Gasteiger partial charge on any atom is 0.144 e. The van der Waals surface area contributed by atoms with Crippen LogP contribution in [0.1, 0.15) is 31.2 Å².